The lowest BCUT2D eigenvalue weighted by molar-refractivity contribution is 0.0899. The van der Waals surface area contributed by atoms with Crippen LogP contribution in [-0.4, -0.2) is 18.4 Å². The zero-order valence-electron chi connectivity index (χ0n) is 12.2. The molecule has 1 atom stereocenters. The summed E-state index contributed by atoms with van der Waals surface area (Å²) in [5, 5.41) is 9.41. The fourth-order valence-electron chi connectivity index (χ4n) is 2.38. The summed E-state index contributed by atoms with van der Waals surface area (Å²) in [4.78, 5) is 11.0. The minimum absolute atomic E-state index is 0.181. The van der Waals surface area contributed by atoms with Crippen molar-refractivity contribution in [3.63, 3.8) is 0 Å². The van der Waals surface area contributed by atoms with Crippen LogP contribution in [0.2, 0.25) is 5.02 Å². The van der Waals surface area contributed by atoms with Gasteiger partial charge in [0.2, 0.25) is 0 Å². The molecule has 0 spiro atoms. The van der Waals surface area contributed by atoms with Gasteiger partial charge in [-0.05, 0) is 24.3 Å². The smallest absolute Gasteiger partial charge is 0.495 e. The third-order valence-electron chi connectivity index (χ3n) is 3.40. The molecule has 2 aromatic carbocycles. The van der Waals surface area contributed by atoms with Gasteiger partial charge in [-0.25, -0.2) is 4.79 Å². The molecule has 118 valence electrons. The van der Waals surface area contributed by atoms with Crippen LogP contribution in [0.25, 0.3) is 6.08 Å². The van der Waals surface area contributed by atoms with Crippen LogP contribution < -0.4 is 9.47 Å². The molecule has 1 unspecified atom stereocenters. The monoisotopic (exact) mass is 332 g/mol. The van der Waals surface area contributed by atoms with Crippen molar-refractivity contribution in [1.82, 2.24) is 0 Å². The highest BCUT2D eigenvalue weighted by Gasteiger charge is 2.28. The van der Waals surface area contributed by atoms with E-state index in [0.717, 1.165) is 5.56 Å². The first kappa shape index (κ1) is 15.2. The number of fused-ring (bicyclic) bond motifs is 1. The first-order chi connectivity index (χ1) is 11.1. The molecular formula is C17H13ClO5. The van der Waals surface area contributed by atoms with Gasteiger partial charge in [0.25, 0.3) is 0 Å². The number of halogens is 1. The second-order valence-corrected chi connectivity index (χ2v) is 5.25. The summed E-state index contributed by atoms with van der Waals surface area (Å²) >= 11 is 6.03. The number of methoxy groups -OCH3 is 1. The normalized spacial score (nSPS) is 15.9. The van der Waals surface area contributed by atoms with Gasteiger partial charge < -0.3 is 19.3 Å². The van der Waals surface area contributed by atoms with E-state index in [2.05, 4.69) is 0 Å². The van der Waals surface area contributed by atoms with Gasteiger partial charge in [0.05, 0.1) is 12.1 Å². The predicted octanol–water partition coefficient (Wildman–Crippen LogP) is 4.52. The van der Waals surface area contributed by atoms with Crippen LogP contribution in [0.4, 0.5) is 4.79 Å². The van der Waals surface area contributed by atoms with Crippen LogP contribution >= 0.6 is 11.6 Å². The van der Waals surface area contributed by atoms with E-state index >= 15 is 0 Å². The average molecular weight is 333 g/mol. The van der Waals surface area contributed by atoms with E-state index in [0.29, 0.717) is 22.1 Å². The van der Waals surface area contributed by atoms with E-state index in [4.69, 9.17) is 30.9 Å². The van der Waals surface area contributed by atoms with Crippen molar-refractivity contribution in [2.24, 2.45) is 0 Å². The fourth-order valence-corrected chi connectivity index (χ4v) is 2.57. The number of carboxylic acid groups (broad SMARTS) is 1. The Kier molecular flexibility index (Phi) is 4.12. The van der Waals surface area contributed by atoms with Crippen LogP contribution in [0.5, 0.6) is 11.5 Å². The van der Waals surface area contributed by atoms with Crippen LogP contribution in [0.1, 0.15) is 17.2 Å². The SMILES string of the molecule is COc1cc(C2Oc3ccccc3C=C2OC(=O)O)ccc1Cl. The fraction of sp³-hybridized carbons (Fsp3) is 0.118. The number of carbonyl (C=O) groups is 1. The summed E-state index contributed by atoms with van der Waals surface area (Å²) in [5.74, 6) is 1.30. The van der Waals surface area contributed by atoms with Gasteiger partial charge in [0.15, 0.2) is 11.9 Å². The highest BCUT2D eigenvalue weighted by atomic mass is 35.5. The van der Waals surface area contributed by atoms with Crippen molar-refractivity contribution >= 4 is 23.8 Å². The maximum atomic E-state index is 11.0. The number of hydrogen-bond acceptors (Lipinski definition) is 4. The topological polar surface area (TPSA) is 65.0 Å². The summed E-state index contributed by atoms with van der Waals surface area (Å²) in [5.41, 5.74) is 1.43. The van der Waals surface area contributed by atoms with Crippen molar-refractivity contribution < 1.29 is 24.1 Å². The van der Waals surface area contributed by atoms with Gasteiger partial charge in [0.1, 0.15) is 11.5 Å². The van der Waals surface area contributed by atoms with E-state index in [1.54, 1.807) is 24.3 Å². The molecule has 0 saturated carbocycles. The summed E-state index contributed by atoms with van der Waals surface area (Å²) in [6.45, 7) is 0. The Bertz CT molecular complexity index is 784. The third-order valence-corrected chi connectivity index (χ3v) is 3.72. The molecule has 1 N–H and O–H groups in total. The lowest BCUT2D eigenvalue weighted by atomic mass is 10.0. The molecule has 0 aromatic heterocycles. The molecule has 0 saturated heterocycles. The van der Waals surface area contributed by atoms with Crippen LogP contribution in [0.15, 0.2) is 48.2 Å². The molecule has 0 radical (unpaired) electrons. The summed E-state index contributed by atoms with van der Waals surface area (Å²) < 4.78 is 16.0. The first-order valence-corrected chi connectivity index (χ1v) is 7.18. The Morgan fingerprint density at radius 1 is 1.26 bits per heavy atom. The Labute approximate surface area is 137 Å². The zero-order valence-corrected chi connectivity index (χ0v) is 12.9. The maximum absolute atomic E-state index is 11.0. The molecule has 6 heteroatoms. The van der Waals surface area contributed by atoms with Gasteiger partial charge in [-0.15, -0.1) is 0 Å². The summed E-state index contributed by atoms with van der Waals surface area (Å²) in [6, 6.07) is 12.4. The number of para-hydroxylation sites is 1. The van der Waals surface area contributed by atoms with Crippen LogP contribution in [0, 0.1) is 0 Å². The Morgan fingerprint density at radius 3 is 2.78 bits per heavy atom. The summed E-state index contributed by atoms with van der Waals surface area (Å²) in [6.07, 6.45) is -0.448. The van der Waals surface area contributed by atoms with Crippen molar-refractivity contribution in [2.45, 2.75) is 6.10 Å². The molecule has 23 heavy (non-hydrogen) atoms. The molecule has 1 heterocycles. The highest BCUT2D eigenvalue weighted by Crippen LogP contribution is 2.39. The minimum Gasteiger partial charge on any atom is -0.495 e. The standard InChI is InChI=1S/C17H13ClO5/c1-21-14-9-11(6-7-12(14)18)16-15(23-17(19)20)8-10-4-2-3-5-13(10)22-16/h2-9,16H,1H3,(H,19,20). The molecule has 1 aliphatic rings. The number of hydrogen-bond donors (Lipinski definition) is 1. The summed E-state index contributed by atoms with van der Waals surface area (Å²) in [7, 11) is 1.51. The molecule has 0 fully saturated rings. The molecular weight excluding hydrogens is 320 g/mol. The average Bonchev–Trinajstić information content (AvgIpc) is 2.54. The van der Waals surface area contributed by atoms with Gasteiger partial charge in [0, 0.05) is 11.1 Å². The Balaban J connectivity index is 2.05. The molecule has 5 nitrogen and oxygen atoms in total. The zero-order chi connectivity index (χ0) is 16.4. The maximum Gasteiger partial charge on any atom is 0.511 e. The van der Waals surface area contributed by atoms with Gasteiger partial charge in [-0.1, -0.05) is 35.9 Å². The predicted molar refractivity (Wildman–Crippen MR) is 84.9 cm³/mol. The first-order valence-electron chi connectivity index (χ1n) is 6.80. The quantitative estimate of drug-likeness (QED) is 0.837. The van der Waals surface area contributed by atoms with Crippen molar-refractivity contribution in [3.8, 4) is 11.5 Å². The lowest BCUT2D eigenvalue weighted by Crippen LogP contribution is -2.18. The Hall–Kier alpha value is -2.66. The number of rotatable bonds is 3. The van der Waals surface area contributed by atoms with E-state index in [1.165, 1.54) is 7.11 Å². The lowest BCUT2D eigenvalue weighted by Gasteiger charge is -2.26. The van der Waals surface area contributed by atoms with E-state index in [9.17, 15) is 4.79 Å². The molecule has 0 bridgehead atoms. The van der Waals surface area contributed by atoms with Crippen molar-refractivity contribution in [2.75, 3.05) is 7.11 Å². The van der Waals surface area contributed by atoms with Crippen LogP contribution in [0.3, 0.4) is 0 Å². The largest absolute Gasteiger partial charge is 0.511 e. The second-order valence-electron chi connectivity index (χ2n) is 4.84. The second kappa shape index (κ2) is 6.22. The van der Waals surface area contributed by atoms with E-state index in [-0.39, 0.29) is 5.76 Å². The highest BCUT2D eigenvalue weighted by molar-refractivity contribution is 6.32. The van der Waals surface area contributed by atoms with E-state index < -0.39 is 12.3 Å². The molecule has 0 aliphatic carbocycles. The number of ether oxygens (including phenoxy) is 3. The Morgan fingerprint density at radius 2 is 2.04 bits per heavy atom. The van der Waals surface area contributed by atoms with Crippen LogP contribution in [-0.2, 0) is 4.74 Å². The number of benzene rings is 2. The van der Waals surface area contributed by atoms with Gasteiger partial charge in [-0.2, -0.15) is 0 Å². The molecule has 1 aliphatic heterocycles. The van der Waals surface area contributed by atoms with Crippen molar-refractivity contribution in [3.05, 3.63) is 64.4 Å². The molecule has 2 aromatic rings. The molecule has 3 rings (SSSR count). The molecule has 0 amide bonds. The third kappa shape index (κ3) is 3.10. The van der Waals surface area contributed by atoms with Gasteiger partial charge in [-0.3, -0.25) is 0 Å². The van der Waals surface area contributed by atoms with Gasteiger partial charge >= 0.3 is 6.16 Å². The van der Waals surface area contributed by atoms with E-state index in [1.807, 2.05) is 24.3 Å². The minimum atomic E-state index is -1.40. The van der Waals surface area contributed by atoms with Crippen molar-refractivity contribution in [1.29, 1.82) is 0 Å².